The molecule has 1 saturated carbocycles. The fourth-order valence-corrected chi connectivity index (χ4v) is 3.13. The predicted octanol–water partition coefficient (Wildman–Crippen LogP) is 2.86. The first-order chi connectivity index (χ1) is 9.15. The third-order valence-electron chi connectivity index (χ3n) is 4.55. The molecule has 3 nitrogen and oxygen atoms in total. The summed E-state index contributed by atoms with van der Waals surface area (Å²) in [5.74, 6) is -1.02. The van der Waals surface area contributed by atoms with E-state index in [1.54, 1.807) is 6.92 Å². The summed E-state index contributed by atoms with van der Waals surface area (Å²) in [5.41, 5.74) is 3.95. The topological polar surface area (TPSA) is 40.5 Å². The van der Waals surface area contributed by atoms with Crippen molar-refractivity contribution in [3.63, 3.8) is 0 Å². The second-order valence-electron chi connectivity index (χ2n) is 5.93. The quantitative estimate of drug-likeness (QED) is 0.904. The van der Waals surface area contributed by atoms with Gasteiger partial charge in [0.2, 0.25) is 0 Å². The number of carboxylic acid groups (broad SMARTS) is 1. The molecule has 3 heteroatoms. The third kappa shape index (κ3) is 2.34. The van der Waals surface area contributed by atoms with Gasteiger partial charge in [0, 0.05) is 18.3 Å². The van der Waals surface area contributed by atoms with Gasteiger partial charge in [0.1, 0.15) is 0 Å². The molecule has 0 spiro atoms. The third-order valence-corrected chi connectivity index (χ3v) is 4.55. The summed E-state index contributed by atoms with van der Waals surface area (Å²) in [5, 5.41) is 8.98. The van der Waals surface area contributed by atoms with Crippen LogP contribution in [0, 0.1) is 5.92 Å². The standard InChI is InChI=1S/C16H21NO2/c1-11(16(18)19)9-12-5-6-15-13(10-12)7-8-17(15)14-3-2-4-14/h5-6,10-11,14H,2-4,7-9H2,1H3,(H,18,19). The number of hydrogen-bond acceptors (Lipinski definition) is 2. The second-order valence-corrected chi connectivity index (χ2v) is 5.93. The van der Waals surface area contributed by atoms with Gasteiger partial charge in [-0.1, -0.05) is 19.1 Å². The highest BCUT2D eigenvalue weighted by molar-refractivity contribution is 5.70. The van der Waals surface area contributed by atoms with Crippen LogP contribution >= 0.6 is 0 Å². The Bertz CT molecular complexity index is 494. The van der Waals surface area contributed by atoms with Crippen molar-refractivity contribution in [2.75, 3.05) is 11.4 Å². The van der Waals surface area contributed by atoms with E-state index < -0.39 is 5.97 Å². The Morgan fingerprint density at radius 1 is 1.47 bits per heavy atom. The van der Waals surface area contributed by atoms with Gasteiger partial charge in [-0.3, -0.25) is 4.79 Å². The fourth-order valence-electron chi connectivity index (χ4n) is 3.13. The number of rotatable bonds is 4. The normalized spacial score (nSPS) is 19.9. The molecule has 0 bridgehead atoms. The first kappa shape index (κ1) is 12.5. The van der Waals surface area contributed by atoms with Crippen LogP contribution in [0.5, 0.6) is 0 Å². The Morgan fingerprint density at radius 2 is 2.26 bits per heavy atom. The van der Waals surface area contributed by atoms with E-state index in [2.05, 4.69) is 23.1 Å². The number of carboxylic acids is 1. The Labute approximate surface area is 114 Å². The Hall–Kier alpha value is -1.51. The van der Waals surface area contributed by atoms with Crippen molar-refractivity contribution in [2.24, 2.45) is 5.92 Å². The highest BCUT2D eigenvalue weighted by Gasteiger charge is 2.30. The molecule has 2 aliphatic rings. The van der Waals surface area contributed by atoms with Crippen molar-refractivity contribution in [3.8, 4) is 0 Å². The first-order valence-corrected chi connectivity index (χ1v) is 7.26. The zero-order chi connectivity index (χ0) is 13.4. The number of nitrogens with zero attached hydrogens (tertiary/aromatic N) is 1. The van der Waals surface area contributed by atoms with Crippen LogP contribution < -0.4 is 4.90 Å². The molecular weight excluding hydrogens is 238 g/mol. The highest BCUT2D eigenvalue weighted by atomic mass is 16.4. The largest absolute Gasteiger partial charge is 0.481 e. The van der Waals surface area contributed by atoms with Gasteiger partial charge in [0.15, 0.2) is 0 Å². The SMILES string of the molecule is CC(Cc1ccc2c(c1)CCN2C1CCC1)C(=O)O. The lowest BCUT2D eigenvalue weighted by atomic mass is 9.91. The van der Waals surface area contributed by atoms with Gasteiger partial charge >= 0.3 is 5.97 Å². The average Bonchev–Trinajstić information content (AvgIpc) is 2.70. The maximum atomic E-state index is 10.9. The molecule has 1 aliphatic heterocycles. The van der Waals surface area contributed by atoms with Crippen molar-refractivity contribution in [3.05, 3.63) is 29.3 Å². The van der Waals surface area contributed by atoms with Crippen LogP contribution in [0.15, 0.2) is 18.2 Å². The minimum absolute atomic E-state index is 0.304. The average molecular weight is 259 g/mol. The highest BCUT2D eigenvalue weighted by Crippen LogP contribution is 2.36. The molecule has 1 N–H and O–H groups in total. The predicted molar refractivity (Wildman–Crippen MR) is 75.6 cm³/mol. The van der Waals surface area contributed by atoms with Gasteiger partial charge in [-0.25, -0.2) is 0 Å². The molecule has 0 amide bonds. The summed E-state index contributed by atoms with van der Waals surface area (Å²) < 4.78 is 0. The van der Waals surface area contributed by atoms with Crippen molar-refractivity contribution >= 4 is 11.7 Å². The van der Waals surface area contributed by atoms with E-state index >= 15 is 0 Å². The lowest BCUT2D eigenvalue weighted by Crippen LogP contribution is -2.38. The second kappa shape index (κ2) is 4.87. The summed E-state index contributed by atoms with van der Waals surface area (Å²) in [7, 11) is 0. The van der Waals surface area contributed by atoms with Gasteiger partial charge < -0.3 is 10.0 Å². The maximum absolute atomic E-state index is 10.9. The van der Waals surface area contributed by atoms with Gasteiger partial charge in [-0.2, -0.15) is 0 Å². The monoisotopic (exact) mass is 259 g/mol. The van der Waals surface area contributed by atoms with Crippen LogP contribution in [0.4, 0.5) is 5.69 Å². The summed E-state index contributed by atoms with van der Waals surface area (Å²) in [6, 6.07) is 7.28. The number of fused-ring (bicyclic) bond motifs is 1. The Balaban J connectivity index is 1.76. The number of benzene rings is 1. The van der Waals surface area contributed by atoms with Crippen molar-refractivity contribution in [2.45, 2.75) is 45.1 Å². The van der Waals surface area contributed by atoms with E-state index in [0.29, 0.717) is 6.42 Å². The minimum atomic E-state index is -0.711. The zero-order valence-corrected chi connectivity index (χ0v) is 11.4. The minimum Gasteiger partial charge on any atom is -0.481 e. The van der Waals surface area contributed by atoms with Crippen LogP contribution in [-0.2, 0) is 17.6 Å². The molecule has 1 atom stereocenters. The molecule has 102 valence electrons. The summed E-state index contributed by atoms with van der Waals surface area (Å²) in [6.07, 6.45) is 5.77. The zero-order valence-electron chi connectivity index (χ0n) is 11.4. The van der Waals surface area contributed by atoms with Crippen LogP contribution in [0.1, 0.15) is 37.3 Å². The van der Waals surface area contributed by atoms with Crippen LogP contribution in [-0.4, -0.2) is 23.7 Å². The lowest BCUT2D eigenvalue weighted by Gasteiger charge is -2.36. The molecule has 1 aromatic carbocycles. The first-order valence-electron chi connectivity index (χ1n) is 7.26. The van der Waals surface area contributed by atoms with Gasteiger partial charge in [-0.15, -0.1) is 0 Å². The molecule has 19 heavy (non-hydrogen) atoms. The summed E-state index contributed by atoms with van der Waals surface area (Å²) >= 11 is 0. The Morgan fingerprint density at radius 3 is 2.89 bits per heavy atom. The van der Waals surface area contributed by atoms with Gasteiger partial charge in [-0.05, 0) is 49.3 Å². The van der Waals surface area contributed by atoms with E-state index in [-0.39, 0.29) is 5.92 Å². The molecule has 1 heterocycles. The van der Waals surface area contributed by atoms with Crippen LogP contribution in [0.25, 0.3) is 0 Å². The lowest BCUT2D eigenvalue weighted by molar-refractivity contribution is -0.141. The molecule has 3 rings (SSSR count). The molecular formula is C16H21NO2. The Kier molecular flexibility index (Phi) is 3.21. The molecule has 1 aromatic rings. The summed E-state index contributed by atoms with van der Waals surface area (Å²) in [4.78, 5) is 13.5. The number of aliphatic carboxylic acids is 1. The molecule has 0 aromatic heterocycles. The van der Waals surface area contributed by atoms with Crippen molar-refractivity contribution in [1.82, 2.24) is 0 Å². The van der Waals surface area contributed by atoms with Gasteiger partial charge in [0.25, 0.3) is 0 Å². The number of carbonyl (C=O) groups is 1. The molecule has 1 aliphatic carbocycles. The van der Waals surface area contributed by atoms with E-state index in [1.807, 2.05) is 0 Å². The van der Waals surface area contributed by atoms with E-state index in [9.17, 15) is 4.79 Å². The molecule has 0 saturated heterocycles. The molecule has 1 unspecified atom stereocenters. The molecule has 1 fully saturated rings. The fraction of sp³-hybridized carbons (Fsp3) is 0.562. The molecule has 0 radical (unpaired) electrons. The van der Waals surface area contributed by atoms with E-state index in [4.69, 9.17) is 5.11 Å². The van der Waals surface area contributed by atoms with Crippen LogP contribution in [0.2, 0.25) is 0 Å². The van der Waals surface area contributed by atoms with Gasteiger partial charge in [0.05, 0.1) is 5.92 Å². The van der Waals surface area contributed by atoms with Crippen molar-refractivity contribution in [1.29, 1.82) is 0 Å². The van der Waals surface area contributed by atoms with E-state index in [1.165, 1.54) is 30.5 Å². The van der Waals surface area contributed by atoms with E-state index in [0.717, 1.165) is 24.6 Å². The smallest absolute Gasteiger partial charge is 0.306 e. The maximum Gasteiger partial charge on any atom is 0.306 e. The number of hydrogen-bond donors (Lipinski definition) is 1. The summed E-state index contributed by atoms with van der Waals surface area (Å²) in [6.45, 7) is 2.91. The van der Waals surface area contributed by atoms with Crippen LogP contribution in [0.3, 0.4) is 0 Å². The number of anilines is 1. The van der Waals surface area contributed by atoms with Crippen molar-refractivity contribution < 1.29 is 9.90 Å².